The van der Waals surface area contributed by atoms with Crippen molar-refractivity contribution in [2.75, 3.05) is 18.5 Å². The first-order valence-corrected chi connectivity index (χ1v) is 6.47. The van der Waals surface area contributed by atoms with Gasteiger partial charge in [-0.1, -0.05) is 18.2 Å². The second kappa shape index (κ2) is 5.31. The van der Waals surface area contributed by atoms with Crippen LogP contribution in [0.3, 0.4) is 0 Å². The van der Waals surface area contributed by atoms with Gasteiger partial charge in [-0.2, -0.15) is 0 Å². The van der Waals surface area contributed by atoms with E-state index in [0.717, 1.165) is 16.7 Å². The average Bonchev–Trinajstić information content (AvgIpc) is 2.64. The lowest BCUT2D eigenvalue weighted by Gasteiger charge is -2.27. The molecular formula is C12H13N3O3S. The van der Waals surface area contributed by atoms with E-state index in [1.54, 1.807) is 24.3 Å². The number of thioether (sulfide) groups is 1. The smallest absolute Gasteiger partial charge is 0.290 e. The first-order chi connectivity index (χ1) is 9.00. The molecule has 2 N–H and O–H groups in total. The van der Waals surface area contributed by atoms with Gasteiger partial charge in [0.2, 0.25) is 5.91 Å². The van der Waals surface area contributed by atoms with Gasteiger partial charge < -0.3 is 10.6 Å². The summed E-state index contributed by atoms with van der Waals surface area (Å²) in [5, 5.41) is -1.08. The molecule has 7 heteroatoms. The van der Waals surface area contributed by atoms with Gasteiger partial charge in [0.15, 0.2) is 5.37 Å². The number of benzene rings is 1. The van der Waals surface area contributed by atoms with E-state index < -0.39 is 11.3 Å². The van der Waals surface area contributed by atoms with Crippen molar-refractivity contribution < 1.29 is 14.4 Å². The molecule has 0 saturated carbocycles. The summed E-state index contributed by atoms with van der Waals surface area (Å²) in [7, 11) is 1.42. The summed E-state index contributed by atoms with van der Waals surface area (Å²) < 4.78 is 0. The highest BCUT2D eigenvalue weighted by atomic mass is 32.2. The van der Waals surface area contributed by atoms with Gasteiger partial charge in [0, 0.05) is 12.7 Å². The van der Waals surface area contributed by atoms with Crippen LogP contribution in [-0.4, -0.2) is 40.9 Å². The molecule has 100 valence electrons. The van der Waals surface area contributed by atoms with Crippen LogP contribution in [-0.2, 0) is 9.59 Å². The number of amides is 3. The van der Waals surface area contributed by atoms with E-state index in [0.29, 0.717) is 5.69 Å². The molecule has 1 heterocycles. The Hall–Kier alpha value is -2.02. The minimum Gasteiger partial charge on any atom is -0.368 e. The lowest BCUT2D eigenvalue weighted by Crippen LogP contribution is -2.44. The first-order valence-electron chi connectivity index (χ1n) is 5.59. The third-order valence-electron chi connectivity index (χ3n) is 2.73. The zero-order valence-electron chi connectivity index (χ0n) is 10.3. The Labute approximate surface area is 114 Å². The molecule has 0 spiro atoms. The monoisotopic (exact) mass is 279 g/mol. The van der Waals surface area contributed by atoms with E-state index in [9.17, 15) is 14.4 Å². The van der Waals surface area contributed by atoms with Crippen LogP contribution in [0, 0.1) is 0 Å². The highest BCUT2D eigenvalue weighted by molar-refractivity contribution is 8.15. The van der Waals surface area contributed by atoms with Gasteiger partial charge in [-0.15, -0.1) is 0 Å². The number of rotatable bonds is 4. The van der Waals surface area contributed by atoms with Crippen molar-refractivity contribution >= 4 is 34.5 Å². The number of carbonyl (C=O) groups excluding carboxylic acids is 3. The second-order valence-electron chi connectivity index (χ2n) is 4.06. The molecule has 1 atom stereocenters. The van der Waals surface area contributed by atoms with Crippen molar-refractivity contribution in [1.82, 2.24) is 4.90 Å². The van der Waals surface area contributed by atoms with Crippen LogP contribution in [0.1, 0.15) is 0 Å². The molecule has 1 aromatic carbocycles. The zero-order valence-corrected chi connectivity index (χ0v) is 11.1. The molecule has 1 aliphatic heterocycles. The summed E-state index contributed by atoms with van der Waals surface area (Å²) in [4.78, 5) is 37.3. The number of nitrogens with two attached hydrogens (primary N) is 1. The number of para-hydroxylation sites is 1. The molecule has 0 aliphatic carbocycles. The number of anilines is 1. The van der Waals surface area contributed by atoms with Crippen LogP contribution in [0.25, 0.3) is 0 Å². The Balaban J connectivity index is 2.31. The van der Waals surface area contributed by atoms with Gasteiger partial charge in [-0.25, -0.2) is 0 Å². The van der Waals surface area contributed by atoms with E-state index in [1.165, 1.54) is 11.9 Å². The van der Waals surface area contributed by atoms with Crippen LogP contribution in [0.15, 0.2) is 30.3 Å². The Morgan fingerprint density at radius 2 is 2.00 bits per heavy atom. The number of likely N-dealkylation sites (N-methyl/N-ethyl adjacent to an activating group) is 1. The van der Waals surface area contributed by atoms with E-state index in [4.69, 9.17) is 5.73 Å². The molecule has 1 fully saturated rings. The van der Waals surface area contributed by atoms with Crippen LogP contribution >= 0.6 is 11.8 Å². The number of hydrogen-bond acceptors (Lipinski definition) is 5. The van der Waals surface area contributed by atoms with Gasteiger partial charge in [0.25, 0.3) is 11.1 Å². The highest BCUT2D eigenvalue weighted by Crippen LogP contribution is 2.31. The van der Waals surface area contributed by atoms with Crippen molar-refractivity contribution in [3.8, 4) is 0 Å². The lowest BCUT2D eigenvalue weighted by atomic mass is 10.2. The van der Waals surface area contributed by atoms with Crippen molar-refractivity contribution in [2.45, 2.75) is 5.37 Å². The minimum absolute atomic E-state index is 0.117. The molecule has 3 amide bonds. The fraction of sp³-hybridized carbons (Fsp3) is 0.250. The molecular weight excluding hydrogens is 266 g/mol. The van der Waals surface area contributed by atoms with Crippen molar-refractivity contribution in [2.24, 2.45) is 5.73 Å². The Kier molecular flexibility index (Phi) is 3.75. The lowest BCUT2D eigenvalue weighted by molar-refractivity contribution is -0.125. The first kappa shape index (κ1) is 13.4. The molecule has 2 rings (SSSR count). The zero-order chi connectivity index (χ0) is 14.0. The van der Waals surface area contributed by atoms with Gasteiger partial charge in [0.1, 0.15) is 0 Å². The molecule has 0 bridgehead atoms. The third-order valence-corrected chi connectivity index (χ3v) is 3.88. The molecule has 0 unspecified atom stereocenters. The minimum atomic E-state index is -0.743. The quantitative estimate of drug-likeness (QED) is 0.874. The van der Waals surface area contributed by atoms with Gasteiger partial charge in [-0.05, 0) is 23.9 Å². The fourth-order valence-corrected chi connectivity index (χ4v) is 2.80. The SMILES string of the molecule is CN1C(=O)S[C@@H](N(CC(N)=O)c2ccccc2)C1=O. The molecule has 0 radical (unpaired) electrons. The summed E-state index contributed by atoms with van der Waals surface area (Å²) in [6, 6.07) is 8.93. The molecule has 1 saturated heterocycles. The third kappa shape index (κ3) is 2.70. The Morgan fingerprint density at radius 1 is 1.37 bits per heavy atom. The predicted molar refractivity (Wildman–Crippen MR) is 72.5 cm³/mol. The average molecular weight is 279 g/mol. The molecule has 1 aromatic rings. The van der Waals surface area contributed by atoms with Crippen LogP contribution in [0.4, 0.5) is 10.5 Å². The molecule has 0 aromatic heterocycles. The van der Waals surface area contributed by atoms with Crippen LogP contribution < -0.4 is 10.6 Å². The van der Waals surface area contributed by atoms with Gasteiger partial charge in [0.05, 0.1) is 6.54 Å². The summed E-state index contributed by atoms with van der Waals surface area (Å²) in [6.45, 7) is -0.117. The predicted octanol–water partition coefficient (Wildman–Crippen LogP) is 0.630. The maximum atomic E-state index is 12.0. The summed E-state index contributed by atoms with van der Waals surface area (Å²) >= 11 is 0.882. The van der Waals surface area contributed by atoms with E-state index in [-0.39, 0.29) is 17.7 Å². The summed E-state index contributed by atoms with van der Waals surface area (Å²) in [5.74, 6) is -0.903. The number of imide groups is 1. The maximum Gasteiger partial charge on any atom is 0.290 e. The standard InChI is InChI=1S/C12H13N3O3S/c1-14-10(17)11(19-12(14)18)15(7-9(13)16)8-5-3-2-4-6-8/h2-6,11H,7H2,1H3,(H2,13,16)/t11-/m1/s1. The fourth-order valence-electron chi connectivity index (χ4n) is 1.77. The van der Waals surface area contributed by atoms with Crippen LogP contribution in [0.5, 0.6) is 0 Å². The molecule has 1 aliphatic rings. The number of carbonyl (C=O) groups is 3. The van der Waals surface area contributed by atoms with Crippen molar-refractivity contribution in [1.29, 1.82) is 0 Å². The number of hydrogen-bond donors (Lipinski definition) is 1. The summed E-state index contributed by atoms with van der Waals surface area (Å²) in [5.41, 5.74) is 5.89. The Bertz CT molecular complexity index is 520. The molecule has 19 heavy (non-hydrogen) atoms. The molecule has 6 nitrogen and oxygen atoms in total. The normalized spacial score (nSPS) is 18.8. The summed E-state index contributed by atoms with van der Waals surface area (Å²) in [6.07, 6.45) is 0. The van der Waals surface area contributed by atoms with Crippen molar-refractivity contribution in [3.63, 3.8) is 0 Å². The number of primary amides is 1. The van der Waals surface area contributed by atoms with E-state index >= 15 is 0 Å². The van der Waals surface area contributed by atoms with E-state index in [2.05, 4.69) is 0 Å². The van der Waals surface area contributed by atoms with E-state index in [1.807, 2.05) is 6.07 Å². The highest BCUT2D eigenvalue weighted by Gasteiger charge is 2.41. The number of nitrogens with zero attached hydrogens (tertiary/aromatic N) is 2. The maximum absolute atomic E-state index is 12.0. The van der Waals surface area contributed by atoms with Crippen LogP contribution in [0.2, 0.25) is 0 Å². The Morgan fingerprint density at radius 3 is 2.47 bits per heavy atom. The topological polar surface area (TPSA) is 83.7 Å². The van der Waals surface area contributed by atoms with Gasteiger partial charge >= 0.3 is 0 Å². The second-order valence-corrected chi connectivity index (χ2v) is 5.09. The largest absolute Gasteiger partial charge is 0.368 e. The van der Waals surface area contributed by atoms with Gasteiger partial charge in [-0.3, -0.25) is 19.3 Å². The van der Waals surface area contributed by atoms with Crippen molar-refractivity contribution in [3.05, 3.63) is 30.3 Å².